The maximum absolute atomic E-state index is 13.4. The molecule has 8 nitrogen and oxygen atoms in total. The fraction of sp³-hybridized carbons (Fsp3) is 0.514. The molecular weight excluding hydrogens is 544 g/mol. The molecule has 0 aromatic heterocycles. The van der Waals surface area contributed by atoms with Crippen molar-refractivity contribution in [2.75, 3.05) is 13.2 Å². The topological polar surface area (TPSA) is 114 Å². The van der Waals surface area contributed by atoms with Gasteiger partial charge in [0.1, 0.15) is 6.10 Å². The number of amides is 2. The van der Waals surface area contributed by atoms with Crippen molar-refractivity contribution >= 4 is 17.8 Å². The summed E-state index contributed by atoms with van der Waals surface area (Å²) in [6.45, 7) is 7.62. The molecule has 1 heterocycles. The normalized spacial score (nSPS) is 23.4. The van der Waals surface area contributed by atoms with Crippen LogP contribution in [0.15, 0.2) is 72.3 Å². The van der Waals surface area contributed by atoms with E-state index < -0.39 is 29.2 Å². The van der Waals surface area contributed by atoms with Crippen molar-refractivity contribution in [1.82, 2.24) is 10.6 Å². The molecule has 0 spiro atoms. The molecule has 2 aliphatic rings. The van der Waals surface area contributed by atoms with Gasteiger partial charge in [-0.25, -0.2) is 0 Å². The van der Waals surface area contributed by atoms with Crippen LogP contribution in [0.1, 0.15) is 64.5 Å². The van der Waals surface area contributed by atoms with E-state index in [0.717, 1.165) is 29.5 Å². The molecule has 8 heteroatoms. The van der Waals surface area contributed by atoms with E-state index in [1.54, 1.807) is 19.9 Å². The van der Waals surface area contributed by atoms with Crippen molar-refractivity contribution in [2.24, 2.45) is 17.3 Å². The monoisotopic (exact) mass is 590 g/mol. The zero-order chi connectivity index (χ0) is 31.0. The highest BCUT2D eigenvalue weighted by Gasteiger charge is 2.46. The van der Waals surface area contributed by atoms with Crippen LogP contribution in [0.25, 0.3) is 0 Å². The van der Waals surface area contributed by atoms with Gasteiger partial charge in [-0.05, 0) is 56.6 Å². The molecule has 0 radical (unpaired) electrons. The van der Waals surface area contributed by atoms with Gasteiger partial charge in [0.2, 0.25) is 11.8 Å². The Morgan fingerprint density at radius 3 is 2.09 bits per heavy atom. The number of hydrogen-bond donors (Lipinski definition) is 3. The first-order chi connectivity index (χ1) is 20.4. The fourth-order valence-electron chi connectivity index (χ4n) is 6.16. The molecule has 4 atom stereocenters. The molecule has 2 amide bonds. The second kappa shape index (κ2) is 14.3. The first-order valence-electron chi connectivity index (χ1n) is 15.3. The van der Waals surface area contributed by atoms with Crippen LogP contribution < -0.4 is 10.6 Å². The number of nitrogens with one attached hydrogen (secondary N) is 2. The van der Waals surface area contributed by atoms with Crippen molar-refractivity contribution in [2.45, 2.75) is 84.2 Å². The van der Waals surface area contributed by atoms with E-state index in [1.165, 1.54) is 0 Å². The van der Waals surface area contributed by atoms with Crippen LogP contribution in [0.4, 0.5) is 0 Å². The zero-order valence-corrected chi connectivity index (χ0v) is 25.8. The average molecular weight is 591 g/mol. The number of aliphatic carboxylic acids is 1. The van der Waals surface area contributed by atoms with Gasteiger partial charge in [0, 0.05) is 24.1 Å². The summed E-state index contributed by atoms with van der Waals surface area (Å²) in [4.78, 5) is 39.1. The maximum Gasteiger partial charge on any atom is 0.308 e. The van der Waals surface area contributed by atoms with Crippen LogP contribution >= 0.6 is 0 Å². The van der Waals surface area contributed by atoms with Gasteiger partial charge < -0.3 is 25.2 Å². The largest absolute Gasteiger partial charge is 0.481 e. The van der Waals surface area contributed by atoms with E-state index in [-0.39, 0.29) is 30.3 Å². The Bertz CT molecular complexity index is 1230. The minimum Gasteiger partial charge on any atom is -0.481 e. The first kappa shape index (κ1) is 32.4. The van der Waals surface area contributed by atoms with E-state index >= 15 is 0 Å². The second-order valence-corrected chi connectivity index (χ2v) is 13.1. The van der Waals surface area contributed by atoms with Crippen molar-refractivity contribution in [1.29, 1.82) is 0 Å². The van der Waals surface area contributed by atoms with Crippen LogP contribution in [0.5, 0.6) is 0 Å². The summed E-state index contributed by atoms with van der Waals surface area (Å²) in [5.41, 5.74) is 2.65. The molecule has 2 fully saturated rings. The summed E-state index contributed by atoms with van der Waals surface area (Å²) in [7, 11) is 0. The maximum atomic E-state index is 13.4. The molecule has 43 heavy (non-hydrogen) atoms. The van der Waals surface area contributed by atoms with Crippen molar-refractivity contribution in [3.8, 4) is 0 Å². The lowest BCUT2D eigenvalue weighted by Gasteiger charge is -2.45. The predicted octanol–water partition coefficient (Wildman–Crippen LogP) is 5.07. The lowest BCUT2D eigenvalue weighted by molar-refractivity contribution is -0.304. The molecule has 1 saturated carbocycles. The van der Waals surface area contributed by atoms with Crippen molar-refractivity contribution in [3.05, 3.63) is 83.4 Å². The summed E-state index contributed by atoms with van der Waals surface area (Å²) >= 11 is 0. The predicted molar refractivity (Wildman–Crippen MR) is 165 cm³/mol. The molecule has 3 N–H and O–H groups in total. The number of allylic oxidation sites excluding steroid dienone is 1. The molecule has 2 aromatic rings. The molecule has 1 aliphatic heterocycles. The number of carboxylic acid groups (broad SMARTS) is 1. The number of carbonyl (C=O) groups excluding carboxylic acids is 2. The molecule has 2 unspecified atom stereocenters. The lowest BCUT2D eigenvalue weighted by Crippen LogP contribution is -2.57. The smallest absolute Gasteiger partial charge is 0.308 e. The van der Waals surface area contributed by atoms with Gasteiger partial charge in [-0.15, -0.1) is 0 Å². The summed E-state index contributed by atoms with van der Waals surface area (Å²) < 4.78 is 11.7. The van der Waals surface area contributed by atoms with Gasteiger partial charge in [-0.2, -0.15) is 0 Å². The first-order valence-corrected chi connectivity index (χ1v) is 15.3. The van der Waals surface area contributed by atoms with E-state index in [4.69, 9.17) is 9.47 Å². The van der Waals surface area contributed by atoms with E-state index in [1.807, 2.05) is 74.5 Å². The van der Waals surface area contributed by atoms with Gasteiger partial charge in [0.15, 0.2) is 5.79 Å². The standard InChI is InChI=1S/C35H46N2O6/c1-34(2)23-42-35(3,4)43-31(34)32(39)36-22-28(33(40)41)27-17-11-12-18-29(27)37-30(38)21-26(19-24-13-7-5-8-14-24)20-25-15-9-6-10-16-25/h5-10,13-16,21,27-29,31H,11-12,17-20,22-23H2,1-4H3,(H,36,39)(H,37,38)(H,40,41)/t27-,28+,29?,31?/m0/s1. The zero-order valence-electron chi connectivity index (χ0n) is 25.8. The Kier molecular flexibility index (Phi) is 10.8. The van der Waals surface area contributed by atoms with E-state index in [9.17, 15) is 19.5 Å². The van der Waals surface area contributed by atoms with Gasteiger partial charge >= 0.3 is 5.97 Å². The highest BCUT2D eigenvalue weighted by atomic mass is 16.7. The summed E-state index contributed by atoms with van der Waals surface area (Å²) in [6, 6.07) is 19.8. The van der Waals surface area contributed by atoms with Crippen LogP contribution in [0, 0.1) is 17.3 Å². The Balaban J connectivity index is 1.46. The lowest BCUT2D eigenvalue weighted by atomic mass is 9.76. The number of carbonyl (C=O) groups is 3. The molecule has 0 bridgehead atoms. The van der Waals surface area contributed by atoms with Gasteiger partial charge in [0.05, 0.1) is 12.5 Å². The Morgan fingerprint density at radius 1 is 0.930 bits per heavy atom. The quantitative estimate of drug-likeness (QED) is 0.315. The Morgan fingerprint density at radius 2 is 1.51 bits per heavy atom. The Hall–Kier alpha value is -3.49. The van der Waals surface area contributed by atoms with Gasteiger partial charge in [0.25, 0.3) is 0 Å². The molecule has 4 rings (SSSR count). The fourth-order valence-corrected chi connectivity index (χ4v) is 6.16. The summed E-state index contributed by atoms with van der Waals surface area (Å²) in [5, 5.41) is 16.2. The van der Waals surface area contributed by atoms with Crippen LogP contribution in [0.2, 0.25) is 0 Å². The van der Waals surface area contributed by atoms with E-state index in [0.29, 0.717) is 32.3 Å². The van der Waals surface area contributed by atoms with E-state index in [2.05, 4.69) is 10.6 Å². The van der Waals surface area contributed by atoms with Crippen molar-refractivity contribution < 1.29 is 29.0 Å². The number of benzene rings is 2. The minimum absolute atomic E-state index is 0.0362. The molecular formula is C35H46N2O6. The van der Waals surface area contributed by atoms with Crippen molar-refractivity contribution in [3.63, 3.8) is 0 Å². The Labute approximate surface area is 255 Å². The minimum atomic E-state index is -0.983. The molecule has 1 saturated heterocycles. The average Bonchev–Trinajstić information content (AvgIpc) is 2.96. The number of ether oxygens (including phenoxy) is 2. The van der Waals surface area contributed by atoms with Crippen LogP contribution in [-0.4, -0.2) is 54.0 Å². The third-order valence-electron chi connectivity index (χ3n) is 8.50. The van der Waals surface area contributed by atoms with Crippen LogP contribution in [0.3, 0.4) is 0 Å². The SMILES string of the molecule is CC1(C)OCC(C)(C)C(C(=O)NC[C@@H](C(=O)O)[C@@H]2CCCCC2NC(=O)C=C(Cc2ccccc2)Cc2ccccc2)O1. The van der Waals surface area contributed by atoms with Crippen LogP contribution in [-0.2, 0) is 36.7 Å². The number of carboxylic acids is 1. The highest BCUT2D eigenvalue weighted by molar-refractivity contribution is 5.88. The molecule has 1 aliphatic carbocycles. The highest BCUT2D eigenvalue weighted by Crippen LogP contribution is 2.35. The number of hydrogen-bond acceptors (Lipinski definition) is 5. The molecule has 2 aromatic carbocycles. The third kappa shape index (κ3) is 9.25. The second-order valence-electron chi connectivity index (χ2n) is 13.1. The van der Waals surface area contributed by atoms with Gasteiger partial charge in [-0.3, -0.25) is 14.4 Å². The summed E-state index contributed by atoms with van der Waals surface area (Å²) in [5.74, 6) is -3.61. The summed E-state index contributed by atoms with van der Waals surface area (Å²) in [6.07, 6.45) is 5.32. The number of rotatable bonds is 11. The molecule has 232 valence electrons. The van der Waals surface area contributed by atoms with Gasteiger partial charge in [-0.1, -0.05) is 92.9 Å². The third-order valence-corrected chi connectivity index (χ3v) is 8.50.